The summed E-state index contributed by atoms with van der Waals surface area (Å²) in [5.74, 6) is 0. The molecule has 4 aromatic rings. The summed E-state index contributed by atoms with van der Waals surface area (Å²) in [5, 5.41) is 10.4. The SMILES string of the molecule is CCn1ncc2c1ncc1c(=O)n3nc(C)cc3n(CCN3CCOCC3)c12. The Hall–Kier alpha value is -2.78. The first kappa shape index (κ1) is 17.3. The molecule has 1 fully saturated rings. The summed E-state index contributed by atoms with van der Waals surface area (Å²) in [6.07, 6.45) is 3.48. The first-order valence-electron chi connectivity index (χ1n) is 9.71. The standard InChI is InChI=1S/C19H23N7O2/c1-3-25-18-14(12-21-25)17-15(11-20-18)19(27)26-16(10-13(2)22-26)24(17)5-4-23-6-8-28-9-7-23/h10-12H,3-9H2,1-2H3. The third-order valence-electron chi connectivity index (χ3n) is 5.46. The van der Waals surface area contributed by atoms with Crippen molar-refractivity contribution in [3.05, 3.63) is 34.5 Å². The second-order valence-electron chi connectivity index (χ2n) is 7.18. The summed E-state index contributed by atoms with van der Waals surface area (Å²) in [4.78, 5) is 20.0. The fraction of sp³-hybridized carbons (Fsp3) is 0.474. The zero-order chi connectivity index (χ0) is 19.3. The number of pyridine rings is 1. The second-order valence-corrected chi connectivity index (χ2v) is 7.18. The lowest BCUT2D eigenvalue weighted by Crippen LogP contribution is -2.38. The molecule has 146 valence electrons. The van der Waals surface area contributed by atoms with Crippen LogP contribution in [-0.2, 0) is 17.8 Å². The van der Waals surface area contributed by atoms with Gasteiger partial charge in [0.2, 0.25) is 0 Å². The maximum absolute atomic E-state index is 13.1. The van der Waals surface area contributed by atoms with E-state index >= 15 is 0 Å². The number of hydrogen-bond acceptors (Lipinski definition) is 6. The van der Waals surface area contributed by atoms with Crippen molar-refractivity contribution in [2.75, 3.05) is 32.8 Å². The Kier molecular flexibility index (Phi) is 4.13. The molecule has 0 aliphatic carbocycles. The smallest absolute Gasteiger partial charge is 0.283 e. The van der Waals surface area contributed by atoms with Crippen molar-refractivity contribution in [2.24, 2.45) is 0 Å². The van der Waals surface area contributed by atoms with E-state index in [1.165, 1.54) is 4.52 Å². The number of nitrogens with zero attached hydrogens (tertiary/aromatic N) is 7. The summed E-state index contributed by atoms with van der Waals surface area (Å²) < 4.78 is 11.0. The van der Waals surface area contributed by atoms with Crippen molar-refractivity contribution in [3.8, 4) is 0 Å². The average molecular weight is 381 g/mol. The fourth-order valence-corrected chi connectivity index (χ4v) is 4.04. The molecule has 1 aliphatic heterocycles. The van der Waals surface area contributed by atoms with Gasteiger partial charge in [0.15, 0.2) is 5.65 Å². The number of fused-ring (bicyclic) bond motifs is 4. The molecule has 4 aromatic heterocycles. The zero-order valence-corrected chi connectivity index (χ0v) is 16.1. The van der Waals surface area contributed by atoms with Gasteiger partial charge in [-0.15, -0.1) is 0 Å². The molecule has 0 amide bonds. The molecule has 28 heavy (non-hydrogen) atoms. The van der Waals surface area contributed by atoms with Crippen LogP contribution in [0, 0.1) is 6.92 Å². The monoisotopic (exact) mass is 381 g/mol. The highest BCUT2D eigenvalue weighted by Gasteiger charge is 2.19. The average Bonchev–Trinajstić information content (AvgIpc) is 3.31. The molecular formula is C19H23N7O2. The van der Waals surface area contributed by atoms with E-state index in [-0.39, 0.29) is 5.56 Å². The van der Waals surface area contributed by atoms with Crippen LogP contribution < -0.4 is 5.56 Å². The highest BCUT2D eigenvalue weighted by Crippen LogP contribution is 2.24. The van der Waals surface area contributed by atoms with Gasteiger partial charge in [-0.05, 0) is 13.8 Å². The minimum atomic E-state index is -0.139. The highest BCUT2D eigenvalue weighted by atomic mass is 16.5. The van der Waals surface area contributed by atoms with E-state index in [2.05, 4.69) is 24.6 Å². The van der Waals surface area contributed by atoms with E-state index in [1.54, 1.807) is 6.20 Å². The minimum absolute atomic E-state index is 0.139. The maximum Gasteiger partial charge on any atom is 0.283 e. The van der Waals surface area contributed by atoms with Gasteiger partial charge in [-0.3, -0.25) is 9.69 Å². The first-order chi connectivity index (χ1) is 13.7. The van der Waals surface area contributed by atoms with Crippen LogP contribution in [0.2, 0.25) is 0 Å². The van der Waals surface area contributed by atoms with Crippen molar-refractivity contribution in [3.63, 3.8) is 0 Å². The van der Waals surface area contributed by atoms with Crippen LogP contribution in [0.4, 0.5) is 0 Å². The highest BCUT2D eigenvalue weighted by molar-refractivity contribution is 6.02. The Labute approximate surface area is 161 Å². The molecule has 0 radical (unpaired) electrons. The van der Waals surface area contributed by atoms with Gasteiger partial charge in [0, 0.05) is 45.0 Å². The minimum Gasteiger partial charge on any atom is -0.379 e. The van der Waals surface area contributed by atoms with Gasteiger partial charge in [-0.2, -0.15) is 14.7 Å². The van der Waals surface area contributed by atoms with E-state index < -0.39 is 0 Å². The van der Waals surface area contributed by atoms with E-state index in [1.807, 2.05) is 30.8 Å². The summed E-state index contributed by atoms with van der Waals surface area (Å²) in [5.41, 5.74) is 3.17. The van der Waals surface area contributed by atoms with Crippen LogP contribution in [0.5, 0.6) is 0 Å². The number of aromatic nitrogens is 6. The molecule has 0 saturated carbocycles. The lowest BCUT2D eigenvalue weighted by atomic mass is 10.2. The molecule has 5 rings (SSSR count). The van der Waals surface area contributed by atoms with E-state index in [4.69, 9.17) is 4.74 Å². The molecule has 9 nitrogen and oxygen atoms in total. The van der Waals surface area contributed by atoms with Crippen LogP contribution in [0.15, 0.2) is 23.3 Å². The zero-order valence-electron chi connectivity index (χ0n) is 16.1. The molecule has 1 aliphatic rings. The van der Waals surface area contributed by atoms with Gasteiger partial charge >= 0.3 is 0 Å². The van der Waals surface area contributed by atoms with Crippen LogP contribution in [0.25, 0.3) is 27.6 Å². The quantitative estimate of drug-likeness (QED) is 0.526. The van der Waals surface area contributed by atoms with Crippen molar-refractivity contribution >= 4 is 27.6 Å². The number of ether oxygens (including phenoxy) is 1. The van der Waals surface area contributed by atoms with Gasteiger partial charge in [-0.1, -0.05) is 0 Å². The van der Waals surface area contributed by atoms with Crippen molar-refractivity contribution in [1.29, 1.82) is 0 Å². The summed E-state index contributed by atoms with van der Waals surface area (Å²) in [6.45, 7) is 9.70. The predicted octanol–water partition coefficient (Wildman–Crippen LogP) is 1.05. The molecule has 0 bridgehead atoms. The molecule has 0 atom stereocenters. The Bertz CT molecular complexity index is 1230. The first-order valence-corrected chi connectivity index (χ1v) is 9.71. The van der Waals surface area contributed by atoms with Crippen LogP contribution >= 0.6 is 0 Å². The fourth-order valence-electron chi connectivity index (χ4n) is 4.04. The Morgan fingerprint density at radius 3 is 2.75 bits per heavy atom. The van der Waals surface area contributed by atoms with E-state index in [0.29, 0.717) is 5.39 Å². The largest absolute Gasteiger partial charge is 0.379 e. The Morgan fingerprint density at radius 2 is 1.96 bits per heavy atom. The number of hydrogen-bond donors (Lipinski definition) is 0. The molecular weight excluding hydrogens is 358 g/mol. The number of aryl methyl sites for hydroxylation is 2. The number of rotatable bonds is 4. The van der Waals surface area contributed by atoms with Gasteiger partial charge < -0.3 is 9.30 Å². The molecule has 0 aromatic carbocycles. The second kappa shape index (κ2) is 6.68. The predicted molar refractivity (Wildman–Crippen MR) is 106 cm³/mol. The Balaban J connectivity index is 1.76. The van der Waals surface area contributed by atoms with Crippen molar-refractivity contribution in [2.45, 2.75) is 26.9 Å². The summed E-state index contributed by atoms with van der Waals surface area (Å²) in [7, 11) is 0. The van der Waals surface area contributed by atoms with Gasteiger partial charge in [0.1, 0.15) is 5.65 Å². The molecule has 0 unspecified atom stereocenters. The van der Waals surface area contributed by atoms with Gasteiger partial charge in [-0.25, -0.2) is 9.67 Å². The van der Waals surface area contributed by atoms with Crippen LogP contribution in [0.3, 0.4) is 0 Å². The normalized spacial score (nSPS) is 15.9. The molecule has 1 saturated heterocycles. The number of morpholine rings is 1. The van der Waals surface area contributed by atoms with Gasteiger partial charge in [0.05, 0.1) is 41.4 Å². The van der Waals surface area contributed by atoms with E-state index in [9.17, 15) is 4.79 Å². The maximum atomic E-state index is 13.1. The van der Waals surface area contributed by atoms with Crippen LogP contribution in [-0.4, -0.2) is 66.7 Å². The van der Waals surface area contributed by atoms with Crippen molar-refractivity contribution < 1.29 is 4.74 Å². The summed E-state index contributed by atoms with van der Waals surface area (Å²) in [6, 6.07) is 1.97. The molecule has 9 heteroatoms. The lowest BCUT2D eigenvalue weighted by molar-refractivity contribution is 0.0366. The van der Waals surface area contributed by atoms with Crippen LogP contribution in [0.1, 0.15) is 12.6 Å². The van der Waals surface area contributed by atoms with Crippen molar-refractivity contribution in [1.82, 2.24) is 33.8 Å². The van der Waals surface area contributed by atoms with Gasteiger partial charge in [0.25, 0.3) is 5.56 Å². The molecule has 0 spiro atoms. The topological polar surface area (TPSA) is 82.5 Å². The molecule has 0 N–H and O–H groups in total. The lowest BCUT2D eigenvalue weighted by Gasteiger charge is -2.27. The third-order valence-corrected chi connectivity index (χ3v) is 5.46. The van der Waals surface area contributed by atoms with E-state index in [0.717, 1.165) is 73.8 Å². The summed E-state index contributed by atoms with van der Waals surface area (Å²) >= 11 is 0. The molecule has 5 heterocycles. The Morgan fingerprint density at radius 1 is 1.14 bits per heavy atom. The third kappa shape index (κ3) is 2.61.